The lowest BCUT2D eigenvalue weighted by atomic mass is 10.1. The second-order valence-electron chi connectivity index (χ2n) is 7.39. The van der Waals surface area contributed by atoms with Crippen LogP contribution < -0.4 is 15.5 Å². The van der Waals surface area contributed by atoms with Crippen molar-refractivity contribution < 1.29 is 9.59 Å². The number of hydrogen-bond donors (Lipinski definition) is 2. The highest BCUT2D eigenvalue weighted by Gasteiger charge is 2.18. The summed E-state index contributed by atoms with van der Waals surface area (Å²) in [4.78, 5) is 33.2. The fourth-order valence-corrected chi connectivity index (χ4v) is 3.94. The molecule has 31 heavy (non-hydrogen) atoms. The molecule has 2 aromatic rings. The average Bonchev–Trinajstić information content (AvgIpc) is 2.79. The van der Waals surface area contributed by atoms with Gasteiger partial charge in [-0.25, -0.2) is 9.78 Å². The molecular weight excluding hydrogens is 437 g/mol. The number of nitrogens with zero attached hydrogens (tertiary/aromatic N) is 3. The zero-order valence-corrected chi connectivity index (χ0v) is 19.0. The molecule has 1 fully saturated rings. The van der Waals surface area contributed by atoms with Crippen molar-refractivity contribution in [2.45, 2.75) is 32.7 Å². The Balaban J connectivity index is 1.54. The van der Waals surface area contributed by atoms with E-state index in [9.17, 15) is 9.59 Å². The van der Waals surface area contributed by atoms with E-state index in [4.69, 9.17) is 23.2 Å². The van der Waals surface area contributed by atoms with Crippen molar-refractivity contribution in [1.82, 2.24) is 15.2 Å². The van der Waals surface area contributed by atoms with Crippen LogP contribution in [-0.2, 0) is 11.3 Å². The van der Waals surface area contributed by atoms with Gasteiger partial charge in [0, 0.05) is 32.4 Å². The van der Waals surface area contributed by atoms with E-state index in [1.807, 2.05) is 19.1 Å². The quantitative estimate of drug-likeness (QED) is 0.631. The maximum Gasteiger partial charge on any atom is 0.318 e. The van der Waals surface area contributed by atoms with Crippen molar-refractivity contribution in [3.05, 3.63) is 52.1 Å². The predicted molar refractivity (Wildman–Crippen MR) is 125 cm³/mol. The molecule has 7 nitrogen and oxygen atoms in total. The Hall–Kier alpha value is -2.51. The molecule has 2 heterocycles. The van der Waals surface area contributed by atoms with E-state index in [-0.39, 0.29) is 18.5 Å². The van der Waals surface area contributed by atoms with Crippen molar-refractivity contribution in [1.29, 1.82) is 0 Å². The lowest BCUT2D eigenvalue weighted by Crippen LogP contribution is -2.43. The van der Waals surface area contributed by atoms with Crippen LogP contribution in [0.25, 0.3) is 0 Å². The molecular formula is C22H27Cl2N5O2. The van der Waals surface area contributed by atoms with Gasteiger partial charge in [0.25, 0.3) is 0 Å². The highest BCUT2D eigenvalue weighted by atomic mass is 35.5. The van der Waals surface area contributed by atoms with Gasteiger partial charge in [-0.15, -0.1) is 0 Å². The first-order chi connectivity index (χ1) is 15.0. The zero-order valence-electron chi connectivity index (χ0n) is 17.5. The molecule has 0 aliphatic carbocycles. The maximum absolute atomic E-state index is 12.6. The number of amides is 3. The summed E-state index contributed by atoms with van der Waals surface area (Å²) in [6.07, 6.45) is 5.38. The first-order valence-electron chi connectivity index (χ1n) is 10.4. The number of aromatic nitrogens is 1. The van der Waals surface area contributed by atoms with Gasteiger partial charge in [-0.1, -0.05) is 29.3 Å². The number of anilines is 2. The lowest BCUT2D eigenvalue weighted by Gasteiger charge is -2.28. The molecule has 3 amide bonds. The minimum atomic E-state index is -0.372. The van der Waals surface area contributed by atoms with E-state index in [0.717, 1.165) is 24.5 Å². The number of urea groups is 1. The van der Waals surface area contributed by atoms with E-state index < -0.39 is 0 Å². The minimum Gasteiger partial charge on any atom is -0.357 e. The summed E-state index contributed by atoms with van der Waals surface area (Å²) < 4.78 is 0. The summed E-state index contributed by atoms with van der Waals surface area (Å²) in [5.41, 5.74) is 1.31. The largest absolute Gasteiger partial charge is 0.357 e. The summed E-state index contributed by atoms with van der Waals surface area (Å²) in [7, 11) is 0. The number of carbonyl (C=O) groups is 2. The number of likely N-dealkylation sites (N-methyl/N-ethyl adjacent to an activating group) is 1. The topological polar surface area (TPSA) is 77.6 Å². The van der Waals surface area contributed by atoms with Crippen LogP contribution in [0, 0.1) is 0 Å². The maximum atomic E-state index is 12.6. The normalized spacial score (nSPS) is 13.6. The predicted octanol–water partition coefficient (Wildman–Crippen LogP) is 4.55. The minimum absolute atomic E-state index is 0.112. The molecule has 166 valence electrons. The zero-order chi connectivity index (χ0) is 22.2. The van der Waals surface area contributed by atoms with Crippen LogP contribution in [0.3, 0.4) is 0 Å². The summed E-state index contributed by atoms with van der Waals surface area (Å²) in [6, 6.07) is 8.55. The summed E-state index contributed by atoms with van der Waals surface area (Å²) in [5, 5.41) is 6.24. The average molecular weight is 464 g/mol. The van der Waals surface area contributed by atoms with E-state index in [2.05, 4.69) is 20.5 Å². The monoisotopic (exact) mass is 463 g/mol. The third-order valence-corrected chi connectivity index (χ3v) is 5.79. The highest BCUT2D eigenvalue weighted by Crippen LogP contribution is 2.29. The number of piperidine rings is 1. The van der Waals surface area contributed by atoms with E-state index in [1.165, 1.54) is 24.2 Å². The summed E-state index contributed by atoms with van der Waals surface area (Å²) >= 11 is 12.2. The molecule has 0 unspecified atom stereocenters. The van der Waals surface area contributed by atoms with Gasteiger partial charge in [-0.05, 0) is 56.0 Å². The van der Waals surface area contributed by atoms with Gasteiger partial charge in [0.1, 0.15) is 12.4 Å². The Morgan fingerprint density at radius 3 is 2.52 bits per heavy atom. The van der Waals surface area contributed by atoms with E-state index in [1.54, 1.807) is 24.4 Å². The van der Waals surface area contributed by atoms with Gasteiger partial charge in [0.05, 0.1) is 15.7 Å². The van der Waals surface area contributed by atoms with Crippen LogP contribution in [0.15, 0.2) is 36.5 Å². The molecule has 0 radical (unpaired) electrons. The van der Waals surface area contributed by atoms with Gasteiger partial charge < -0.3 is 20.4 Å². The Morgan fingerprint density at radius 1 is 1.13 bits per heavy atom. The number of benzene rings is 1. The SMILES string of the molecule is CCN(CC(=O)Nc1c(Cl)cccc1Cl)C(=O)NCc1ccnc(N2CCCCC2)c1. The standard InChI is InChI=1S/C22H27Cl2N5O2/c1-2-28(15-20(30)27-21-17(23)7-6-8-18(21)24)22(31)26-14-16-9-10-25-19(13-16)29-11-4-3-5-12-29/h6-10,13H,2-5,11-12,14-15H2,1H3,(H,26,31)(H,27,30). The van der Waals surface area contributed by atoms with Crippen LogP contribution in [0.5, 0.6) is 0 Å². The Morgan fingerprint density at radius 2 is 1.84 bits per heavy atom. The molecule has 1 aliphatic heterocycles. The van der Waals surface area contributed by atoms with Gasteiger partial charge in [-0.3, -0.25) is 4.79 Å². The molecule has 1 aromatic heterocycles. The first-order valence-corrected chi connectivity index (χ1v) is 11.2. The van der Waals surface area contributed by atoms with Crippen molar-refractivity contribution in [3.8, 4) is 0 Å². The number of nitrogens with one attached hydrogen (secondary N) is 2. The molecule has 0 saturated carbocycles. The molecule has 1 saturated heterocycles. The first kappa shape index (κ1) is 23.2. The molecule has 3 rings (SSSR count). The van der Waals surface area contributed by atoms with E-state index in [0.29, 0.717) is 28.8 Å². The number of pyridine rings is 1. The van der Waals surface area contributed by atoms with Crippen LogP contribution in [0.4, 0.5) is 16.3 Å². The van der Waals surface area contributed by atoms with Crippen molar-refractivity contribution >= 4 is 46.6 Å². The van der Waals surface area contributed by atoms with Crippen LogP contribution in [0.1, 0.15) is 31.7 Å². The van der Waals surface area contributed by atoms with Crippen LogP contribution in [-0.4, -0.2) is 48.0 Å². The number of rotatable bonds is 7. The second-order valence-corrected chi connectivity index (χ2v) is 8.20. The summed E-state index contributed by atoms with van der Waals surface area (Å²) in [5.74, 6) is 0.568. The third kappa shape index (κ3) is 6.48. The van der Waals surface area contributed by atoms with Gasteiger partial charge in [0.2, 0.25) is 5.91 Å². The van der Waals surface area contributed by atoms with Crippen molar-refractivity contribution in [2.75, 3.05) is 36.4 Å². The second kappa shape index (κ2) is 11.2. The molecule has 1 aromatic carbocycles. The van der Waals surface area contributed by atoms with Crippen molar-refractivity contribution in [2.24, 2.45) is 0 Å². The molecule has 0 bridgehead atoms. The summed E-state index contributed by atoms with van der Waals surface area (Å²) in [6.45, 7) is 4.46. The smallest absolute Gasteiger partial charge is 0.318 e. The number of halogens is 2. The van der Waals surface area contributed by atoms with Gasteiger partial charge >= 0.3 is 6.03 Å². The fraction of sp³-hybridized carbons (Fsp3) is 0.409. The molecule has 0 atom stereocenters. The fourth-order valence-electron chi connectivity index (χ4n) is 3.45. The Kier molecular flexibility index (Phi) is 8.37. The Bertz CT molecular complexity index is 898. The molecule has 2 N–H and O–H groups in total. The number of para-hydroxylation sites is 1. The van der Waals surface area contributed by atoms with Gasteiger partial charge in [-0.2, -0.15) is 0 Å². The Labute approximate surface area is 192 Å². The highest BCUT2D eigenvalue weighted by molar-refractivity contribution is 6.39. The van der Waals surface area contributed by atoms with E-state index >= 15 is 0 Å². The molecule has 9 heteroatoms. The lowest BCUT2D eigenvalue weighted by molar-refractivity contribution is -0.116. The van der Waals surface area contributed by atoms with Crippen LogP contribution in [0.2, 0.25) is 10.0 Å². The van der Waals surface area contributed by atoms with Crippen LogP contribution >= 0.6 is 23.2 Å². The molecule has 1 aliphatic rings. The number of hydrogen-bond acceptors (Lipinski definition) is 4. The number of carbonyl (C=O) groups excluding carboxylic acids is 2. The molecule has 0 spiro atoms. The van der Waals surface area contributed by atoms with Crippen molar-refractivity contribution in [3.63, 3.8) is 0 Å². The third-order valence-electron chi connectivity index (χ3n) is 5.16. The van der Waals surface area contributed by atoms with Gasteiger partial charge in [0.15, 0.2) is 0 Å².